The summed E-state index contributed by atoms with van der Waals surface area (Å²) in [4.78, 5) is 0. The van der Waals surface area contributed by atoms with Crippen LogP contribution >= 0.6 is 0 Å². The molecule has 27 heavy (non-hydrogen) atoms. The van der Waals surface area contributed by atoms with Crippen LogP contribution in [0.3, 0.4) is 0 Å². The summed E-state index contributed by atoms with van der Waals surface area (Å²) >= 11 is 0. The fourth-order valence-electron chi connectivity index (χ4n) is 1.63. The average molecular weight is 440 g/mol. The van der Waals surface area contributed by atoms with E-state index < -0.39 is 67.5 Å². The van der Waals surface area contributed by atoms with Crippen LogP contribution in [0.5, 0.6) is 0 Å². The summed E-state index contributed by atoms with van der Waals surface area (Å²) in [6, 6.07) is 0. The molecule has 0 rings (SSSR count). The zero-order valence-electron chi connectivity index (χ0n) is 12.5. The lowest BCUT2D eigenvalue weighted by atomic mass is 9.96. The molecule has 0 saturated carbocycles. The molecule has 0 aliphatic rings. The largest absolute Gasteiger partial charge is 0.459 e. The van der Waals surface area contributed by atoms with Gasteiger partial charge in [0.25, 0.3) is 0 Å². The summed E-state index contributed by atoms with van der Waals surface area (Å²) < 4.78 is 173. The highest BCUT2D eigenvalue weighted by Crippen LogP contribution is 2.50. The summed E-state index contributed by atoms with van der Waals surface area (Å²) in [5.41, 5.74) is 0. The monoisotopic (exact) mass is 440 g/mol. The van der Waals surface area contributed by atoms with Crippen LogP contribution in [0.25, 0.3) is 0 Å². The van der Waals surface area contributed by atoms with Crippen molar-refractivity contribution in [2.24, 2.45) is 0 Å². The molecular weight excluding hydrogens is 430 g/mol. The molecule has 0 amide bonds. The zero-order chi connectivity index (χ0) is 22.3. The molecule has 0 aromatic carbocycles. The van der Waals surface area contributed by atoms with E-state index in [0.717, 1.165) is 0 Å². The number of aliphatic hydroxyl groups is 2. The van der Waals surface area contributed by atoms with Crippen LogP contribution < -0.4 is 0 Å². The van der Waals surface area contributed by atoms with Crippen molar-refractivity contribution in [3.05, 3.63) is 0 Å². The Hall–Kier alpha value is -1.06. The second-order valence-corrected chi connectivity index (χ2v) is 5.42. The minimum atomic E-state index is -6.86. The third-order valence-corrected chi connectivity index (χ3v) is 3.30. The van der Waals surface area contributed by atoms with E-state index in [4.69, 9.17) is 10.2 Å². The lowest BCUT2D eigenvalue weighted by Crippen LogP contribution is -2.58. The first-order valence-electron chi connectivity index (χ1n) is 6.53. The minimum Gasteiger partial charge on any atom is -0.393 e. The number of halogens is 14. The molecule has 164 valence electrons. The zero-order valence-corrected chi connectivity index (χ0v) is 12.5. The van der Waals surface area contributed by atoms with Gasteiger partial charge in [0.05, 0.1) is 6.10 Å². The van der Waals surface area contributed by atoms with E-state index in [0.29, 0.717) is 0 Å². The quantitative estimate of drug-likeness (QED) is 0.545. The van der Waals surface area contributed by atoms with Crippen LogP contribution in [0.15, 0.2) is 0 Å². The van der Waals surface area contributed by atoms with Gasteiger partial charge >= 0.3 is 36.0 Å². The van der Waals surface area contributed by atoms with E-state index in [-0.39, 0.29) is 0 Å². The normalized spacial score (nSPS) is 17.8. The highest BCUT2D eigenvalue weighted by atomic mass is 19.4. The van der Waals surface area contributed by atoms with Gasteiger partial charge in [-0.1, -0.05) is 0 Å². The van der Waals surface area contributed by atoms with Crippen molar-refractivity contribution >= 4 is 0 Å². The first kappa shape index (κ1) is 25.9. The summed E-state index contributed by atoms with van der Waals surface area (Å²) in [6.07, 6.45) is -26.9. The van der Waals surface area contributed by atoms with Crippen molar-refractivity contribution in [1.82, 2.24) is 0 Å². The van der Waals surface area contributed by atoms with Gasteiger partial charge in [-0.25, -0.2) is 0 Å². The summed E-state index contributed by atoms with van der Waals surface area (Å²) in [5.74, 6) is -25.5. The Morgan fingerprint density at radius 3 is 1.30 bits per heavy atom. The van der Waals surface area contributed by atoms with Gasteiger partial charge in [-0.05, 0) is 6.42 Å². The molecule has 0 aliphatic heterocycles. The predicted molar refractivity (Wildman–Crippen MR) is 57.8 cm³/mol. The number of rotatable bonds is 8. The lowest BCUT2D eigenvalue weighted by molar-refractivity contribution is -0.372. The molecule has 2 nitrogen and oxygen atoms in total. The van der Waals surface area contributed by atoms with E-state index in [9.17, 15) is 61.5 Å². The SMILES string of the molecule is OC(CCC(F)(F)C(F)(F)C(F)(F)F)C[C@H](O)C(F)(F)C(F)(F)C(F)(F)F. The third-order valence-electron chi connectivity index (χ3n) is 3.30. The summed E-state index contributed by atoms with van der Waals surface area (Å²) in [5, 5.41) is 17.8. The van der Waals surface area contributed by atoms with Crippen LogP contribution in [0.4, 0.5) is 61.5 Å². The second-order valence-electron chi connectivity index (χ2n) is 5.42. The molecule has 0 saturated heterocycles. The first-order chi connectivity index (χ1) is 11.5. The molecule has 0 aromatic rings. The molecule has 0 aromatic heterocycles. The van der Waals surface area contributed by atoms with Gasteiger partial charge in [0.2, 0.25) is 0 Å². The lowest BCUT2D eigenvalue weighted by Gasteiger charge is -2.32. The average Bonchev–Trinajstić information content (AvgIpc) is 2.42. The molecule has 0 spiro atoms. The van der Waals surface area contributed by atoms with E-state index in [1.165, 1.54) is 0 Å². The van der Waals surface area contributed by atoms with E-state index in [1.54, 1.807) is 0 Å². The molecule has 0 heterocycles. The first-order valence-corrected chi connectivity index (χ1v) is 6.53. The molecule has 16 heteroatoms. The molecular formula is C11H10F14O2. The molecule has 2 N–H and O–H groups in total. The maximum Gasteiger partial charge on any atom is 0.459 e. The molecule has 0 fully saturated rings. The van der Waals surface area contributed by atoms with Gasteiger partial charge in [-0.15, -0.1) is 0 Å². The molecule has 0 aliphatic carbocycles. The summed E-state index contributed by atoms with van der Waals surface area (Å²) in [6.45, 7) is 0. The van der Waals surface area contributed by atoms with Crippen LogP contribution in [0.2, 0.25) is 0 Å². The Labute approximate surface area is 140 Å². The van der Waals surface area contributed by atoms with Gasteiger partial charge in [-0.3, -0.25) is 0 Å². The van der Waals surface area contributed by atoms with Gasteiger partial charge in [0.1, 0.15) is 6.10 Å². The topological polar surface area (TPSA) is 40.5 Å². The van der Waals surface area contributed by atoms with Crippen LogP contribution in [0.1, 0.15) is 19.3 Å². The minimum absolute atomic E-state index is 1.86. The Bertz CT molecular complexity index is 494. The Kier molecular flexibility index (Phi) is 7.11. The molecule has 0 bridgehead atoms. The van der Waals surface area contributed by atoms with Crippen molar-refractivity contribution in [2.45, 2.75) is 67.5 Å². The van der Waals surface area contributed by atoms with E-state index >= 15 is 0 Å². The van der Waals surface area contributed by atoms with Gasteiger partial charge in [0.15, 0.2) is 0 Å². The van der Waals surface area contributed by atoms with Crippen LogP contribution in [0, 0.1) is 0 Å². The Morgan fingerprint density at radius 2 is 0.963 bits per heavy atom. The maximum atomic E-state index is 13.0. The highest BCUT2D eigenvalue weighted by molar-refractivity contribution is 4.97. The molecule has 1 unspecified atom stereocenters. The van der Waals surface area contributed by atoms with Crippen molar-refractivity contribution < 1.29 is 71.7 Å². The number of hydrogen-bond acceptors (Lipinski definition) is 2. The van der Waals surface area contributed by atoms with Crippen molar-refractivity contribution in [1.29, 1.82) is 0 Å². The fraction of sp³-hybridized carbons (Fsp3) is 1.00. The van der Waals surface area contributed by atoms with Crippen molar-refractivity contribution in [3.8, 4) is 0 Å². The number of hydrogen-bond donors (Lipinski definition) is 2. The van der Waals surface area contributed by atoms with Gasteiger partial charge in [0, 0.05) is 12.8 Å². The summed E-state index contributed by atoms with van der Waals surface area (Å²) in [7, 11) is 0. The number of alkyl halides is 14. The van der Waals surface area contributed by atoms with E-state index in [2.05, 4.69) is 0 Å². The molecule has 2 atom stereocenters. The second kappa shape index (κ2) is 7.40. The van der Waals surface area contributed by atoms with Gasteiger partial charge in [-0.2, -0.15) is 61.5 Å². The van der Waals surface area contributed by atoms with E-state index in [1.807, 2.05) is 0 Å². The smallest absolute Gasteiger partial charge is 0.393 e. The van der Waals surface area contributed by atoms with Crippen molar-refractivity contribution in [3.63, 3.8) is 0 Å². The maximum absolute atomic E-state index is 13.0. The van der Waals surface area contributed by atoms with Crippen molar-refractivity contribution in [2.75, 3.05) is 0 Å². The Balaban J connectivity index is 5.10. The molecule has 0 radical (unpaired) electrons. The Morgan fingerprint density at radius 1 is 0.593 bits per heavy atom. The predicted octanol–water partition coefficient (Wildman–Crippen LogP) is 4.54. The van der Waals surface area contributed by atoms with Gasteiger partial charge < -0.3 is 10.2 Å². The highest BCUT2D eigenvalue weighted by Gasteiger charge is 2.75. The standard InChI is InChI=1S/C11H10F14O2/c12-6(13,8(16,17)10(20,21)22)2-1-4(26)3-5(27)7(14,15)9(18,19)11(23,24)25/h4-5,26-27H,1-3H2/t4?,5-/m0/s1. The number of aliphatic hydroxyl groups excluding tert-OH is 2. The van der Waals surface area contributed by atoms with Crippen LogP contribution in [-0.2, 0) is 0 Å². The third kappa shape index (κ3) is 5.06. The fourth-order valence-corrected chi connectivity index (χ4v) is 1.63. The van der Waals surface area contributed by atoms with Crippen LogP contribution in [-0.4, -0.2) is 58.5 Å².